The van der Waals surface area contributed by atoms with E-state index in [0.717, 1.165) is 38.0 Å². The lowest BCUT2D eigenvalue weighted by Gasteiger charge is -2.30. The van der Waals surface area contributed by atoms with Crippen LogP contribution in [0, 0.1) is 0 Å². The fraction of sp³-hybridized carbons (Fsp3) is 0.500. The Morgan fingerprint density at radius 1 is 1.34 bits per heavy atom. The molecule has 1 aliphatic carbocycles. The zero-order chi connectivity index (χ0) is 20.0. The second-order valence-corrected chi connectivity index (χ2v) is 7.90. The van der Waals surface area contributed by atoms with Crippen LogP contribution in [0.2, 0.25) is 0 Å². The molecule has 29 heavy (non-hydrogen) atoms. The van der Waals surface area contributed by atoms with Crippen LogP contribution in [0.5, 0.6) is 0 Å². The number of fused-ring (bicyclic) bond motifs is 1. The predicted molar refractivity (Wildman–Crippen MR) is 103 cm³/mol. The summed E-state index contributed by atoms with van der Waals surface area (Å²) < 4.78 is 5.35. The predicted octanol–water partition coefficient (Wildman–Crippen LogP) is 0.621. The molecule has 9 heteroatoms. The maximum atomic E-state index is 13.0. The standard InChI is InChI=1S/C20H24N6O3/c1-25-9-8-21-10-15(25)18-23-16(29-24-18)11-22-19(27)17-13-4-2-3-5-14(13)20(28)26(17)12-6-7-12/h2-5,12,15,17,21H,6-11H2,1H3,(H,22,27). The molecule has 1 aromatic heterocycles. The molecule has 2 unspecified atom stereocenters. The quantitative estimate of drug-likeness (QED) is 0.764. The Labute approximate surface area is 168 Å². The van der Waals surface area contributed by atoms with Crippen LogP contribution >= 0.6 is 0 Å². The molecule has 5 rings (SSSR count). The summed E-state index contributed by atoms with van der Waals surface area (Å²) in [6, 6.07) is 6.95. The Morgan fingerprint density at radius 3 is 2.97 bits per heavy atom. The average Bonchev–Trinajstić information content (AvgIpc) is 3.38. The molecule has 2 aromatic rings. The zero-order valence-corrected chi connectivity index (χ0v) is 16.3. The molecule has 0 bridgehead atoms. The van der Waals surface area contributed by atoms with Crippen molar-refractivity contribution in [3.05, 3.63) is 47.1 Å². The highest BCUT2D eigenvalue weighted by atomic mass is 16.5. The van der Waals surface area contributed by atoms with Crippen molar-refractivity contribution >= 4 is 11.8 Å². The minimum absolute atomic E-state index is 0.0571. The molecule has 1 aromatic carbocycles. The topological polar surface area (TPSA) is 104 Å². The number of nitrogens with zero attached hydrogens (tertiary/aromatic N) is 4. The van der Waals surface area contributed by atoms with Crippen molar-refractivity contribution in [3.63, 3.8) is 0 Å². The molecule has 0 spiro atoms. The number of benzene rings is 1. The van der Waals surface area contributed by atoms with Crippen LogP contribution in [0.3, 0.4) is 0 Å². The van der Waals surface area contributed by atoms with Gasteiger partial charge in [0.15, 0.2) is 5.82 Å². The van der Waals surface area contributed by atoms with Crippen molar-refractivity contribution in [2.75, 3.05) is 26.7 Å². The van der Waals surface area contributed by atoms with Crippen LogP contribution in [0.4, 0.5) is 0 Å². The van der Waals surface area contributed by atoms with Gasteiger partial charge in [-0.25, -0.2) is 0 Å². The summed E-state index contributed by atoms with van der Waals surface area (Å²) in [4.78, 5) is 34.1. The van der Waals surface area contributed by atoms with Crippen LogP contribution in [0.25, 0.3) is 0 Å². The van der Waals surface area contributed by atoms with Crippen molar-refractivity contribution in [1.29, 1.82) is 0 Å². The molecule has 152 valence electrons. The number of carbonyl (C=O) groups is 2. The van der Waals surface area contributed by atoms with E-state index < -0.39 is 6.04 Å². The lowest BCUT2D eigenvalue weighted by molar-refractivity contribution is -0.126. The number of amides is 2. The summed E-state index contributed by atoms with van der Waals surface area (Å²) in [6.45, 7) is 2.75. The van der Waals surface area contributed by atoms with Crippen LogP contribution in [0.1, 0.15) is 52.6 Å². The van der Waals surface area contributed by atoms with E-state index in [1.165, 1.54) is 0 Å². The molecule has 3 heterocycles. The van der Waals surface area contributed by atoms with Gasteiger partial charge in [0.05, 0.1) is 12.6 Å². The third-order valence-electron chi connectivity index (χ3n) is 5.89. The molecule has 1 saturated carbocycles. The summed E-state index contributed by atoms with van der Waals surface area (Å²) in [6.07, 6.45) is 1.89. The molecular formula is C20H24N6O3. The maximum Gasteiger partial charge on any atom is 0.255 e. The highest BCUT2D eigenvalue weighted by Gasteiger charge is 2.47. The molecule has 9 nitrogen and oxygen atoms in total. The fourth-order valence-electron chi connectivity index (χ4n) is 4.16. The summed E-state index contributed by atoms with van der Waals surface area (Å²) in [5, 5.41) is 10.3. The van der Waals surface area contributed by atoms with Crippen LogP contribution in [0.15, 0.2) is 28.8 Å². The van der Waals surface area contributed by atoms with Gasteiger partial charge in [-0.05, 0) is 31.5 Å². The van der Waals surface area contributed by atoms with E-state index in [1.807, 2.05) is 25.2 Å². The van der Waals surface area contributed by atoms with Gasteiger partial charge < -0.3 is 20.1 Å². The Bertz CT molecular complexity index is 940. The summed E-state index contributed by atoms with van der Waals surface area (Å²) in [5.74, 6) is 0.704. The Morgan fingerprint density at radius 2 is 2.17 bits per heavy atom. The first-order valence-electron chi connectivity index (χ1n) is 10.1. The Kier molecular flexibility index (Phi) is 4.56. The molecule has 2 amide bonds. The summed E-state index contributed by atoms with van der Waals surface area (Å²) >= 11 is 0. The lowest BCUT2D eigenvalue weighted by atomic mass is 10.0. The van der Waals surface area contributed by atoms with Crippen LogP contribution in [-0.2, 0) is 11.3 Å². The molecule has 2 aliphatic heterocycles. The first-order valence-corrected chi connectivity index (χ1v) is 10.1. The van der Waals surface area contributed by atoms with Gasteiger partial charge in [0.2, 0.25) is 11.8 Å². The summed E-state index contributed by atoms with van der Waals surface area (Å²) in [7, 11) is 2.03. The van der Waals surface area contributed by atoms with Gasteiger partial charge in [0.1, 0.15) is 6.04 Å². The van der Waals surface area contributed by atoms with E-state index in [0.29, 0.717) is 17.3 Å². The van der Waals surface area contributed by atoms with Crippen molar-refractivity contribution in [3.8, 4) is 0 Å². The number of carbonyl (C=O) groups excluding carboxylic acids is 2. The third-order valence-corrected chi connectivity index (χ3v) is 5.89. The zero-order valence-electron chi connectivity index (χ0n) is 16.3. The fourth-order valence-corrected chi connectivity index (χ4v) is 4.16. The number of hydrogen-bond acceptors (Lipinski definition) is 7. The van der Waals surface area contributed by atoms with Gasteiger partial charge in [0.25, 0.3) is 5.91 Å². The second kappa shape index (κ2) is 7.23. The third kappa shape index (κ3) is 3.30. The van der Waals surface area contributed by atoms with Crippen LogP contribution in [-0.4, -0.2) is 64.5 Å². The largest absolute Gasteiger partial charge is 0.345 e. The number of piperazine rings is 1. The Hall–Kier alpha value is -2.78. The van der Waals surface area contributed by atoms with Gasteiger partial charge in [-0.2, -0.15) is 4.98 Å². The average molecular weight is 396 g/mol. The SMILES string of the molecule is CN1CCNCC1c1noc(CNC(=O)C2c3ccccc3C(=O)N2C2CC2)n1. The molecule has 2 atom stereocenters. The van der Waals surface area contributed by atoms with E-state index in [1.54, 1.807) is 11.0 Å². The van der Waals surface area contributed by atoms with E-state index in [-0.39, 0.29) is 30.4 Å². The van der Waals surface area contributed by atoms with Gasteiger partial charge in [-0.3, -0.25) is 14.5 Å². The molecule has 3 aliphatic rings. The smallest absolute Gasteiger partial charge is 0.255 e. The van der Waals surface area contributed by atoms with E-state index in [4.69, 9.17) is 4.52 Å². The number of aromatic nitrogens is 2. The van der Waals surface area contributed by atoms with Crippen molar-refractivity contribution < 1.29 is 14.1 Å². The molecule has 2 N–H and O–H groups in total. The van der Waals surface area contributed by atoms with E-state index in [2.05, 4.69) is 25.7 Å². The van der Waals surface area contributed by atoms with Gasteiger partial charge in [0, 0.05) is 31.2 Å². The summed E-state index contributed by atoms with van der Waals surface area (Å²) in [5.41, 5.74) is 1.38. The number of hydrogen-bond donors (Lipinski definition) is 2. The minimum Gasteiger partial charge on any atom is -0.345 e. The maximum absolute atomic E-state index is 13.0. The van der Waals surface area contributed by atoms with Gasteiger partial charge in [-0.15, -0.1) is 0 Å². The van der Waals surface area contributed by atoms with Crippen molar-refractivity contribution in [2.45, 2.75) is 37.5 Å². The molecule has 1 saturated heterocycles. The molecular weight excluding hydrogens is 372 g/mol. The van der Waals surface area contributed by atoms with E-state index >= 15 is 0 Å². The normalized spacial score (nSPS) is 24.6. The lowest BCUT2D eigenvalue weighted by Crippen LogP contribution is -2.44. The van der Waals surface area contributed by atoms with Gasteiger partial charge in [-0.1, -0.05) is 23.4 Å². The number of rotatable bonds is 5. The Balaban J connectivity index is 1.29. The van der Waals surface area contributed by atoms with Crippen molar-refractivity contribution in [2.24, 2.45) is 0 Å². The highest BCUT2D eigenvalue weighted by molar-refractivity contribution is 6.05. The minimum atomic E-state index is -0.595. The number of nitrogens with one attached hydrogen (secondary N) is 2. The first kappa shape index (κ1) is 18.3. The van der Waals surface area contributed by atoms with Crippen LogP contribution < -0.4 is 10.6 Å². The monoisotopic (exact) mass is 396 g/mol. The molecule has 0 radical (unpaired) electrons. The second-order valence-electron chi connectivity index (χ2n) is 7.90. The van der Waals surface area contributed by atoms with Gasteiger partial charge >= 0.3 is 0 Å². The first-order chi connectivity index (χ1) is 14.1. The molecule has 2 fully saturated rings. The van der Waals surface area contributed by atoms with Crippen molar-refractivity contribution in [1.82, 2.24) is 30.6 Å². The van der Waals surface area contributed by atoms with E-state index in [9.17, 15) is 9.59 Å². The highest BCUT2D eigenvalue weighted by Crippen LogP contribution is 2.41. The number of likely N-dealkylation sites (N-methyl/N-ethyl adjacent to an activating group) is 1.